The van der Waals surface area contributed by atoms with Crippen LogP contribution in [0.1, 0.15) is 43.4 Å². The van der Waals surface area contributed by atoms with E-state index in [9.17, 15) is 0 Å². The third-order valence-electron chi connectivity index (χ3n) is 5.01. The summed E-state index contributed by atoms with van der Waals surface area (Å²) in [7, 11) is 0. The van der Waals surface area contributed by atoms with Crippen LogP contribution in [0.4, 0.5) is 0 Å². The number of rotatable bonds is 3. The summed E-state index contributed by atoms with van der Waals surface area (Å²) in [5.74, 6) is 0.440. The fourth-order valence-electron chi connectivity index (χ4n) is 3.37. The van der Waals surface area contributed by atoms with E-state index >= 15 is 0 Å². The van der Waals surface area contributed by atoms with Crippen molar-refractivity contribution in [3.8, 4) is 0 Å². The molecule has 0 radical (unpaired) electrons. The predicted octanol–water partition coefficient (Wildman–Crippen LogP) is 5.56. The molecule has 1 nitrogen and oxygen atoms in total. The average molecular weight is 277 g/mol. The van der Waals surface area contributed by atoms with Gasteiger partial charge in [0.25, 0.3) is 0 Å². The van der Waals surface area contributed by atoms with Gasteiger partial charge in [0.2, 0.25) is 0 Å². The molecule has 1 heteroatoms. The number of aromatic nitrogens is 1. The Labute approximate surface area is 127 Å². The molecule has 1 aromatic heterocycles. The fourth-order valence-corrected chi connectivity index (χ4v) is 3.37. The molecule has 0 aliphatic carbocycles. The van der Waals surface area contributed by atoms with Crippen molar-refractivity contribution in [1.82, 2.24) is 4.98 Å². The first-order chi connectivity index (χ1) is 10.0. The summed E-state index contributed by atoms with van der Waals surface area (Å²) in [5.41, 5.74) is 5.52. The highest BCUT2D eigenvalue weighted by molar-refractivity contribution is 5.83. The first kappa shape index (κ1) is 13.9. The van der Waals surface area contributed by atoms with E-state index in [0.29, 0.717) is 5.92 Å². The molecule has 3 rings (SSSR count). The monoisotopic (exact) mass is 277 g/mol. The van der Waals surface area contributed by atoms with Crippen molar-refractivity contribution in [3.63, 3.8) is 0 Å². The van der Waals surface area contributed by atoms with Crippen LogP contribution >= 0.6 is 0 Å². The van der Waals surface area contributed by atoms with Gasteiger partial charge in [-0.15, -0.1) is 0 Å². The van der Waals surface area contributed by atoms with E-state index in [2.05, 4.69) is 87.4 Å². The second-order valence-electron chi connectivity index (χ2n) is 6.55. The lowest BCUT2D eigenvalue weighted by molar-refractivity contribution is 0.436. The smallest absolute Gasteiger partial charge is 0.0456 e. The minimum absolute atomic E-state index is 0.0936. The number of aromatic amines is 1. The van der Waals surface area contributed by atoms with Crippen LogP contribution in [0.25, 0.3) is 10.9 Å². The fraction of sp³-hybridized carbons (Fsp3) is 0.300. The highest BCUT2D eigenvalue weighted by atomic mass is 14.7. The molecular formula is C20H23N. The Morgan fingerprint density at radius 3 is 2.38 bits per heavy atom. The van der Waals surface area contributed by atoms with Crippen molar-refractivity contribution in [3.05, 3.63) is 71.4 Å². The third-order valence-corrected chi connectivity index (χ3v) is 5.01. The van der Waals surface area contributed by atoms with Gasteiger partial charge in [0.05, 0.1) is 0 Å². The van der Waals surface area contributed by atoms with Crippen molar-refractivity contribution in [2.24, 2.45) is 0 Å². The molecule has 1 N–H and O–H groups in total. The van der Waals surface area contributed by atoms with E-state index in [-0.39, 0.29) is 5.41 Å². The second kappa shape index (κ2) is 5.07. The zero-order valence-corrected chi connectivity index (χ0v) is 13.3. The number of hydrogen-bond donors (Lipinski definition) is 1. The Bertz CT molecular complexity index is 764. The summed E-state index contributed by atoms with van der Waals surface area (Å²) in [6.07, 6.45) is 2.18. The first-order valence-corrected chi connectivity index (χ1v) is 7.64. The van der Waals surface area contributed by atoms with E-state index in [1.165, 1.54) is 27.6 Å². The van der Waals surface area contributed by atoms with Crippen LogP contribution in [-0.2, 0) is 5.41 Å². The van der Waals surface area contributed by atoms with Crippen molar-refractivity contribution < 1.29 is 0 Å². The largest absolute Gasteiger partial charge is 0.361 e. The van der Waals surface area contributed by atoms with E-state index in [0.717, 1.165) is 0 Å². The maximum Gasteiger partial charge on any atom is 0.0456 e. The van der Waals surface area contributed by atoms with Crippen LogP contribution in [0.15, 0.2) is 54.7 Å². The van der Waals surface area contributed by atoms with Crippen molar-refractivity contribution in [2.45, 2.75) is 39.0 Å². The molecule has 0 aliphatic rings. The van der Waals surface area contributed by atoms with Crippen LogP contribution in [0.5, 0.6) is 0 Å². The Morgan fingerprint density at radius 2 is 1.62 bits per heavy atom. The molecule has 0 amide bonds. The Morgan fingerprint density at radius 1 is 0.952 bits per heavy atom. The van der Waals surface area contributed by atoms with Gasteiger partial charge in [0.15, 0.2) is 0 Å². The van der Waals surface area contributed by atoms with E-state index in [1.54, 1.807) is 0 Å². The lowest BCUT2D eigenvalue weighted by Crippen LogP contribution is -2.25. The van der Waals surface area contributed by atoms with Gasteiger partial charge >= 0.3 is 0 Å². The first-order valence-electron chi connectivity index (χ1n) is 7.64. The Hall–Kier alpha value is -2.02. The number of benzene rings is 2. The normalized spacial score (nSPS) is 13.5. The minimum atomic E-state index is 0.0936. The summed E-state index contributed by atoms with van der Waals surface area (Å²) in [6.45, 7) is 9.24. The second-order valence-corrected chi connectivity index (χ2v) is 6.55. The predicted molar refractivity (Wildman–Crippen MR) is 90.9 cm³/mol. The Balaban J connectivity index is 2.09. The van der Waals surface area contributed by atoms with Gasteiger partial charge in [-0.05, 0) is 41.0 Å². The van der Waals surface area contributed by atoms with Gasteiger partial charge in [-0.3, -0.25) is 0 Å². The number of aryl methyl sites for hydroxylation is 1. The molecule has 0 saturated carbocycles. The summed E-state index contributed by atoms with van der Waals surface area (Å²) in [5, 5.41) is 1.34. The minimum Gasteiger partial charge on any atom is -0.361 e. The number of H-pyrrole nitrogens is 1. The summed E-state index contributed by atoms with van der Waals surface area (Å²) in [6, 6.07) is 17.3. The lowest BCUT2D eigenvalue weighted by Gasteiger charge is -2.34. The topological polar surface area (TPSA) is 15.8 Å². The van der Waals surface area contributed by atoms with E-state index < -0.39 is 0 Å². The molecule has 0 saturated heterocycles. The maximum absolute atomic E-state index is 3.41. The zero-order valence-electron chi connectivity index (χ0n) is 13.3. The molecule has 2 aromatic carbocycles. The van der Waals surface area contributed by atoms with Gasteiger partial charge in [0, 0.05) is 17.1 Å². The molecule has 3 aromatic rings. The standard InChI is InChI=1S/C20H23N/c1-14-9-5-7-11-18(14)20(3,4)15(2)17-13-21-19-12-8-6-10-16(17)19/h5-13,15,21H,1-4H3. The van der Waals surface area contributed by atoms with Crippen molar-refractivity contribution in [1.29, 1.82) is 0 Å². The molecule has 1 atom stereocenters. The molecule has 0 spiro atoms. The van der Waals surface area contributed by atoms with Crippen LogP contribution in [0.3, 0.4) is 0 Å². The van der Waals surface area contributed by atoms with E-state index in [4.69, 9.17) is 0 Å². The molecule has 0 bridgehead atoms. The van der Waals surface area contributed by atoms with Gasteiger partial charge in [-0.25, -0.2) is 0 Å². The summed E-state index contributed by atoms with van der Waals surface area (Å²) in [4.78, 5) is 3.41. The number of para-hydroxylation sites is 1. The molecular weight excluding hydrogens is 254 g/mol. The molecule has 1 heterocycles. The zero-order chi connectivity index (χ0) is 15.0. The lowest BCUT2D eigenvalue weighted by atomic mass is 9.70. The SMILES string of the molecule is Cc1ccccc1C(C)(C)C(C)c1c[nH]c2ccccc12. The molecule has 108 valence electrons. The van der Waals surface area contributed by atoms with E-state index in [1.807, 2.05) is 0 Å². The number of nitrogens with one attached hydrogen (secondary N) is 1. The van der Waals surface area contributed by atoms with Gasteiger partial charge < -0.3 is 4.98 Å². The molecule has 21 heavy (non-hydrogen) atoms. The molecule has 0 aliphatic heterocycles. The third kappa shape index (κ3) is 2.27. The highest BCUT2D eigenvalue weighted by Crippen LogP contribution is 2.41. The maximum atomic E-state index is 3.41. The van der Waals surface area contributed by atoms with Crippen molar-refractivity contribution >= 4 is 10.9 Å². The van der Waals surface area contributed by atoms with Gasteiger partial charge in [-0.1, -0.05) is 63.2 Å². The average Bonchev–Trinajstić information content (AvgIpc) is 2.90. The van der Waals surface area contributed by atoms with Gasteiger partial charge in [0.1, 0.15) is 0 Å². The van der Waals surface area contributed by atoms with Crippen LogP contribution in [-0.4, -0.2) is 4.98 Å². The summed E-state index contributed by atoms with van der Waals surface area (Å²) < 4.78 is 0. The van der Waals surface area contributed by atoms with Crippen molar-refractivity contribution in [2.75, 3.05) is 0 Å². The highest BCUT2D eigenvalue weighted by Gasteiger charge is 2.31. The summed E-state index contributed by atoms with van der Waals surface area (Å²) >= 11 is 0. The number of fused-ring (bicyclic) bond motifs is 1. The Kier molecular flexibility index (Phi) is 3.36. The van der Waals surface area contributed by atoms with Crippen LogP contribution in [0.2, 0.25) is 0 Å². The quantitative estimate of drug-likeness (QED) is 0.645. The van der Waals surface area contributed by atoms with Crippen LogP contribution < -0.4 is 0 Å². The van der Waals surface area contributed by atoms with Gasteiger partial charge in [-0.2, -0.15) is 0 Å². The molecule has 1 unspecified atom stereocenters. The molecule has 0 fully saturated rings. The number of hydrogen-bond acceptors (Lipinski definition) is 0. The van der Waals surface area contributed by atoms with Crippen LogP contribution in [0, 0.1) is 6.92 Å².